The van der Waals surface area contributed by atoms with Gasteiger partial charge in [0.2, 0.25) is 0 Å². The number of aliphatic hydroxyl groups excluding tert-OH is 2. The number of hydrogen-bond acceptors (Lipinski definition) is 7. The highest BCUT2D eigenvalue weighted by Gasteiger charge is 2.22. The standard InChI is InChI=1S/C10H13NO6S2/c12-3-5-18-9-2-1-8(11(14)15)7-10(9)19(16,17)6-4-13/h1-2,7,12-13H,3-6H2. The van der Waals surface area contributed by atoms with Crippen LogP contribution in [0.1, 0.15) is 0 Å². The van der Waals surface area contributed by atoms with Crippen molar-refractivity contribution < 1.29 is 23.6 Å². The van der Waals surface area contributed by atoms with Crippen molar-refractivity contribution in [1.29, 1.82) is 0 Å². The molecule has 0 atom stereocenters. The van der Waals surface area contributed by atoms with E-state index in [0.29, 0.717) is 4.90 Å². The van der Waals surface area contributed by atoms with Crippen molar-refractivity contribution in [2.45, 2.75) is 9.79 Å². The maximum atomic E-state index is 11.9. The van der Waals surface area contributed by atoms with Crippen LogP contribution in [0.25, 0.3) is 0 Å². The van der Waals surface area contributed by atoms with Gasteiger partial charge >= 0.3 is 0 Å². The van der Waals surface area contributed by atoms with E-state index in [1.807, 2.05) is 0 Å². The molecule has 19 heavy (non-hydrogen) atoms. The van der Waals surface area contributed by atoms with E-state index in [2.05, 4.69) is 0 Å². The van der Waals surface area contributed by atoms with Crippen LogP contribution in [0, 0.1) is 10.1 Å². The molecule has 0 aliphatic carbocycles. The number of non-ortho nitro benzene ring substituents is 1. The maximum Gasteiger partial charge on any atom is 0.270 e. The first-order chi connectivity index (χ1) is 8.92. The van der Waals surface area contributed by atoms with Crippen molar-refractivity contribution in [2.24, 2.45) is 0 Å². The molecule has 0 fully saturated rings. The SMILES string of the molecule is O=[N+]([O-])c1ccc(SCCO)c(S(=O)(=O)CCO)c1. The Morgan fingerprint density at radius 2 is 1.95 bits per heavy atom. The minimum atomic E-state index is -3.78. The van der Waals surface area contributed by atoms with Crippen LogP contribution >= 0.6 is 11.8 Å². The first-order valence-corrected chi connectivity index (χ1v) is 7.92. The van der Waals surface area contributed by atoms with E-state index in [1.54, 1.807) is 0 Å². The van der Waals surface area contributed by atoms with Gasteiger partial charge in [0.25, 0.3) is 5.69 Å². The second kappa shape index (κ2) is 6.85. The number of nitro groups is 1. The summed E-state index contributed by atoms with van der Waals surface area (Å²) in [6.07, 6.45) is 0. The highest BCUT2D eigenvalue weighted by atomic mass is 32.2. The zero-order valence-electron chi connectivity index (χ0n) is 9.85. The Bertz CT molecular complexity index is 557. The molecule has 7 nitrogen and oxygen atoms in total. The average Bonchev–Trinajstić information content (AvgIpc) is 2.35. The van der Waals surface area contributed by atoms with Gasteiger partial charge < -0.3 is 10.2 Å². The average molecular weight is 307 g/mol. The van der Waals surface area contributed by atoms with Crippen molar-refractivity contribution in [3.63, 3.8) is 0 Å². The molecule has 9 heteroatoms. The van der Waals surface area contributed by atoms with E-state index in [-0.39, 0.29) is 22.9 Å². The molecule has 0 heterocycles. The van der Waals surface area contributed by atoms with Crippen LogP contribution in [0.3, 0.4) is 0 Å². The molecule has 0 saturated carbocycles. The van der Waals surface area contributed by atoms with Crippen LogP contribution in [0.15, 0.2) is 28.0 Å². The number of benzene rings is 1. The first kappa shape index (κ1) is 15.9. The largest absolute Gasteiger partial charge is 0.396 e. The smallest absolute Gasteiger partial charge is 0.270 e. The Kier molecular flexibility index (Phi) is 5.73. The fourth-order valence-corrected chi connectivity index (χ4v) is 3.73. The molecule has 106 valence electrons. The summed E-state index contributed by atoms with van der Waals surface area (Å²) >= 11 is 1.09. The summed E-state index contributed by atoms with van der Waals surface area (Å²) < 4.78 is 23.9. The molecular formula is C10H13NO6S2. The summed E-state index contributed by atoms with van der Waals surface area (Å²) in [5.74, 6) is -0.222. The molecule has 0 aliphatic heterocycles. The fourth-order valence-electron chi connectivity index (χ4n) is 1.36. The van der Waals surface area contributed by atoms with Crippen molar-refractivity contribution in [1.82, 2.24) is 0 Å². The van der Waals surface area contributed by atoms with Crippen molar-refractivity contribution >= 4 is 27.3 Å². The zero-order valence-corrected chi connectivity index (χ0v) is 11.5. The van der Waals surface area contributed by atoms with Gasteiger partial charge in [-0.05, 0) is 6.07 Å². The lowest BCUT2D eigenvalue weighted by Gasteiger charge is -2.08. The summed E-state index contributed by atoms with van der Waals surface area (Å²) in [4.78, 5) is 10.1. The molecule has 0 aliphatic rings. The number of hydrogen-bond donors (Lipinski definition) is 2. The predicted molar refractivity (Wildman–Crippen MR) is 70.0 cm³/mol. The van der Waals surface area contributed by atoms with Crippen LogP contribution in [0.5, 0.6) is 0 Å². The van der Waals surface area contributed by atoms with Gasteiger partial charge in [0.1, 0.15) is 0 Å². The molecule has 0 saturated heterocycles. The lowest BCUT2D eigenvalue weighted by Crippen LogP contribution is -2.11. The molecule has 1 rings (SSSR count). The number of thioether (sulfide) groups is 1. The summed E-state index contributed by atoms with van der Waals surface area (Å²) in [5, 5.41) is 28.2. The second-order valence-corrected chi connectivity index (χ2v) is 6.72. The minimum Gasteiger partial charge on any atom is -0.396 e. The molecule has 0 amide bonds. The molecule has 0 radical (unpaired) electrons. The Hall–Kier alpha value is -1.16. The van der Waals surface area contributed by atoms with Crippen LogP contribution < -0.4 is 0 Å². The molecule has 0 aromatic heterocycles. The van der Waals surface area contributed by atoms with Gasteiger partial charge in [-0.1, -0.05) is 0 Å². The number of rotatable bonds is 7. The molecule has 2 N–H and O–H groups in total. The van der Waals surface area contributed by atoms with Gasteiger partial charge in [0.05, 0.1) is 28.8 Å². The maximum absolute atomic E-state index is 11.9. The Balaban J connectivity index is 3.29. The zero-order chi connectivity index (χ0) is 14.5. The summed E-state index contributed by atoms with van der Waals surface area (Å²) in [6, 6.07) is 3.52. The summed E-state index contributed by atoms with van der Waals surface area (Å²) in [7, 11) is -3.78. The van der Waals surface area contributed by atoms with Gasteiger partial charge in [-0.3, -0.25) is 10.1 Å². The third-order valence-electron chi connectivity index (χ3n) is 2.18. The molecule has 0 unspecified atom stereocenters. The summed E-state index contributed by atoms with van der Waals surface area (Å²) in [5.41, 5.74) is -0.329. The van der Waals surface area contributed by atoms with E-state index in [0.717, 1.165) is 17.8 Å². The predicted octanol–water partition coefficient (Wildman–Crippen LogP) is 0.445. The van der Waals surface area contributed by atoms with Crippen molar-refractivity contribution in [2.75, 3.05) is 24.7 Å². The third-order valence-corrected chi connectivity index (χ3v) is 5.09. The van der Waals surface area contributed by atoms with E-state index in [1.165, 1.54) is 12.1 Å². The normalized spacial score (nSPS) is 11.5. The van der Waals surface area contributed by atoms with E-state index < -0.39 is 27.1 Å². The lowest BCUT2D eigenvalue weighted by atomic mass is 10.3. The molecule has 0 spiro atoms. The fraction of sp³-hybridized carbons (Fsp3) is 0.400. The Labute approximate surface area is 114 Å². The number of sulfone groups is 1. The van der Waals surface area contributed by atoms with Crippen LogP contribution in [0.2, 0.25) is 0 Å². The first-order valence-electron chi connectivity index (χ1n) is 5.28. The highest BCUT2D eigenvalue weighted by Crippen LogP contribution is 2.30. The molecular weight excluding hydrogens is 294 g/mol. The van der Waals surface area contributed by atoms with Crippen molar-refractivity contribution in [3.05, 3.63) is 28.3 Å². The second-order valence-electron chi connectivity index (χ2n) is 3.50. The molecule has 1 aromatic rings. The van der Waals surface area contributed by atoms with Crippen LogP contribution in [-0.2, 0) is 9.84 Å². The van der Waals surface area contributed by atoms with Gasteiger partial charge in [0, 0.05) is 22.8 Å². The van der Waals surface area contributed by atoms with Crippen LogP contribution in [0.4, 0.5) is 5.69 Å². The van der Waals surface area contributed by atoms with Gasteiger partial charge in [0.15, 0.2) is 9.84 Å². The van der Waals surface area contributed by atoms with Crippen LogP contribution in [-0.4, -0.2) is 48.3 Å². The summed E-state index contributed by atoms with van der Waals surface area (Å²) in [6.45, 7) is -0.698. The monoisotopic (exact) mass is 307 g/mol. The van der Waals surface area contributed by atoms with E-state index in [9.17, 15) is 18.5 Å². The van der Waals surface area contributed by atoms with Gasteiger partial charge in [-0.25, -0.2) is 8.42 Å². The minimum absolute atomic E-state index is 0.138. The van der Waals surface area contributed by atoms with Crippen molar-refractivity contribution in [3.8, 4) is 0 Å². The number of nitro benzene ring substituents is 1. The van der Waals surface area contributed by atoms with E-state index >= 15 is 0 Å². The van der Waals surface area contributed by atoms with Gasteiger partial charge in [-0.15, -0.1) is 11.8 Å². The Morgan fingerprint density at radius 1 is 1.26 bits per heavy atom. The highest BCUT2D eigenvalue weighted by molar-refractivity contribution is 8.00. The quantitative estimate of drug-likeness (QED) is 0.426. The molecule has 0 bridgehead atoms. The molecule has 1 aromatic carbocycles. The van der Waals surface area contributed by atoms with E-state index in [4.69, 9.17) is 10.2 Å². The number of aliphatic hydroxyl groups is 2. The lowest BCUT2D eigenvalue weighted by molar-refractivity contribution is -0.385. The third kappa shape index (κ3) is 4.16. The van der Waals surface area contributed by atoms with Gasteiger partial charge in [-0.2, -0.15) is 0 Å². The Morgan fingerprint density at radius 3 is 2.47 bits per heavy atom. The number of nitrogens with zero attached hydrogens (tertiary/aromatic N) is 1. The topological polar surface area (TPSA) is 118 Å².